The average Bonchev–Trinajstić information content (AvgIpc) is 2.74. The van der Waals surface area contributed by atoms with Crippen LogP contribution >= 0.6 is 0 Å². The number of piperazine rings is 1. The van der Waals surface area contributed by atoms with Crippen LogP contribution in [0.1, 0.15) is 11.1 Å². The summed E-state index contributed by atoms with van der Waals surface area (Å²) in [7, 11) is 4.91. The number of amides is 1. The van der Waals surface area contributed by atoms with E-state index in [1.165, 1.54) is 0 Å². The van der Waals surface area contributed by atoms with Crippen molar-refractivity contribution in [2.24, 2.45) is 0 Å². The first-order valence-corrected chi connectivity index (χ1v) is 9.44. The largest absolute Gasteiger partial charge is 0.495 e. The first kappa shape index (κ1) is 19.9. The molecule has 0 saturated carbocycles. The minimum absolute atomic E-state index is 0.134. The van der Waals surface area contributed by atoms with Gasteiger partial charge in [0, 0.05) is 26.2 Å². The normalized spacial score (nSPS) is 14.0. The predicted molar refractivity (Wildman–Crippen MR) is 110 cm³/mol. The van der Waals surface area contributed by atoms with Crippen LogP contribution in [-0.4, -0.2) is 58.3 Å². The Morgan fingerprint density at radius 2 is 1.50 bits per heavy atom. The summed E-state index contributed by atoms with van der Waals surface area (Å²) in [5, 5.41) is 0. The molecule has 150 valence electrons. The lowest BCUT2D eigenvalue weighted by atomic mass is 10.0. The maximum absolute atomic E-state index is 12.9. The third-order valence-corrected chi connectivity index (χ3v) is 5.24. The molecule has 28 heavy (non-hydrogen) atoms. The quantitative estimate of drug-likeness (QED) is 0.767. The van der Waals surface area contributed by atoms with Crippen LogP contribution in [-0.2, 0) is 11.2 Å². The lowest BCUT2D eigenvalue weighted by Crippen LogP contribution is -2.49. The molecule has 0 aromatic heterocycles. The van der Waals surface area contributed by atoms with Crippen LogP contribution in [0.25, 0.3) is 0 Å². The van der Waals surface area contributed by atoms with Crippen LogP contribution in [0, 0.1) is 6.92 Å². The Bertz CT molecular complexity index is 829. The Morgan fingerprint density at radius 3 is 2.14 bits per heavy atom. The number of hydrogen-bond donors (Lipinski definition) is 0. The Kier molecular flexibility index (Phi) is 6.29. The van der Waals surface area contributed by atoms with Gasteiger partial charge in [-0.1, -0.05) is 12.1 Å². The van der Waals surface area contributed by atoms with E-state index in [0.717, 1.165) is 35.7 Å². The summed E-state index contributed by atoms with van der Waals surface area (Å²) in [6.07, 6.45) is 0.362. The van der Waals surface area contributed by atoms with E-state index in [1.807, 2.05) is 42.2 Å². The number of para-hydroxylation sites is 2. The summed E-state index contributed by atoms with van der Waals surface area (Å²) in [6.45, 7) is 4.96. The second-order valence-electron chi connectivity index (χ2n) is 6.85. The molecular weight excluding hydrogens is 356 g/mol. The van der Waals surface area contributed by atoms with Crippen molar-refractivity contribution in [2.45, 2.75) is 13.3 Å². The number of rotatable bonds is 6. The van der Waals surface area contributed by atoms with Crippen molar-refractivity contribution in [3.05, 3.63) is 47.5 Å². The van der Waals surface area contributed by atoms with Gasteiger partial charge in [0.15, 0.2) is 11.5 Å². The molecule has 1 aliphatic rings. The molecule has 0 spiro atoms. The van der Waals surface area contributed by atoms with Gasteiger partial charge in [0.1, 0.15) is 5.75 Å². The van der Waals surface area contributed by atoms with Crippen LogP contribution in [0.3, 0.4) is 0 Å². The molecular formula is C22H28N2O4. The SMILES string of the molecule is COc1cc(C)c(CC(=O)N2CCN(c3ccccc3OC)CC2)cc1OC. The molecule has 2 aromatic carbocycles. The van der Waals surface area contributed by atoms with Crippen molar-refractivity contribution in [3.8, 4) is 17.2 Å². The highest BCUT2D eigenvalue weighted by atomic mass is 16.5. The van der Waals surface area contributed by atoms with E-state index in [1.54, 1.807) is 21.3 Å². The van der Waals surface area contributed by atoms with E-state index >= 15 is 0 Å². The van der Waals surface area contributed by atoms with Gasteiger partial charge in [0.25, 0.3) is 0 Å². The van der Waals surface area contributed by atoms with Crippen LogP contribution in [0.4, 0.5) is 5.69 Å². The van der Waals surface area contributed by atoms with E-state index in [-0.39, 0.29) is 5.91 Å². The molecule has 3 rings (SSSR count). The Hall–Kier alpha value is -2.89. The predicted octanol–water partition coefficient (Wildman–Crippen LogP) is 2.91. The van der Waals surface area contributed by atoms with E-state index in [2.05, 4.69) is 11.0 Å². The van der Waals surface area contributed by atoms with Gasteiger partial charge in [0.05, 0.1) is 33.4 Å². The summed E-state index contributed by atoms with van der Waals surface area (Å²) in [4.78, 5) is 17.1. The third-order valence-electron chi connectivity index (χ3n) is 5.24. The van der Waals surface area contributed by atoms with Gasteiger partial charge in [-0.05, 0) is 42.3 Å². The van der Waals surface area contributed by atoms with Crippen molar-refractivity contribution in [2.75, 3.05) is 52.4 Å². The molecule has 2 aromatic rings. The molecule has 0 radical (unpaired) electrons. The van der Waals surface area contributed by atoms with Gasteiger partial charge < -0.3 is 24.0 Å². The van der Waals surface area contributed by atoms with Crippen LogP contribution in [0.15, 0.2) is 36.4 Å². The molecule has 1 heterocycles. The van der Waals surface area contributed by atoms with Crippen molar-refractivity contribution in [3.63, 3.8) is 0 Å². The van der Waals surface area contributed by atoms with Crippen LogP contribution in [0.2, 0.25) is 0 Å². The summed E-state index contributed by atoms with van der Waals surface area (Å²) in [5.41, 5.74) is 3.07. The number of methoxy groups -OCH3 is 3. The van der Waals surface area contributed by atoms with E-state index in [0.29, 0.717) is 31.0 Å². The first-order valence-electron chi connectivity index (χ1n) is 9.44. The maximum Gasteiger partial charge on any atom is 0.227 e. The molecule has 1 amide bonds. The van der Waals surface area contributed by atoms with Crippen LogP contribution < -0.4 is 19.1 Å². The number of hydrogen-bond acceptors (Lipinski definition) is 5. The monoisotopic (exact) mass is 384 g/mol. The highest BCUT2D eigenvalue weighted by Gasteiger charge is 2.23. The zero-order chi connectivity index (χ0) is 20.1. The number of nitrogens with zero attached hydrogens (tertiary/aromatic N) is 2. The van der Waals surface area contributed by atoms with E-state index in [9.17, 15) is 4.79 Å². The molecule has 1 fully saturated rings. The number of carbonyl (C=O) groups is 1. The van der Waals surface area contributed by atoms with Crippen molar-refractivity contribution in [1.82, 2.24) is 4.90 Å². The molecule has 0 atom stereocenters. The fourth-order valence-corrected chi connectivity index (χ4v) is 3.58. The highest BCUT2D eigenvalue weighted by molar-refractivity contribution is 5.80. The summed E-state index contributed by atoms with van der Waals surface area (Å²) in [5.74, 6) is 2.33. The van der Waals surface area contributed by atoms with Gasteiger partial charge in [-0.2, -0.15) is 0 Å². The smallest absolute Gasteiger partial charge is 0.227 e. The topological polar surface area (TPSA) is 51.2 Å². The lowest BCUT2D eigenvalue weighted by Gasteiger charge is -2.36. The molecule has 0 unspecified atom stereocenters. The van der Waals surface area contributed by atoms with Crippen LogP contribution in [0.5, 0.6) is 17.2 Å². The van der Waals surface area contributed by atoms with E-state index in [4.69, 9.17) is 14.2 Å². The average molecular weight is 384 g/mol. The Morgan fingerprint density at radius 1 is 0.893 bits per heavy atom. The van der Waals surface area contributed by atoms with Gasteiger partial charge >= 0.3 is 0 Å². The fourth-order valence-electron chi connectivity index (χ4n) is 3.58. The maximum atomic E-state index is 12.9. The first-order chi connectivity index (χ1) is 13.6. The minimum atomic E-state index is 0.134. The molecule has 6 nitrogen and oxygen atoms in total. The third kappa shape index (κ3) is 4.16. The van der Waals surface area contributed by atoms with Crippen molar-refractivity contribution < 1.29 is 19.0 Å². The zero-order valence-corrected chi connectivity index (χ0v) is 17.0. The number of carbonyl (C=O) groups excluding carboxylic acids is 1. The number of anilines is 1. The standard InChI is InChI=1S/C22H28N2O4/c1-16-13-20(27-3)21(28-4)14-17(16)15-22(25)24-11-9-23(10-12-24)18-7-5-6-8-19(18)26-2/h5-8,13-14H,9-12,15H2,1-4H3. The van der Waals surface area contributed by atoms with Crippen molar-refractivity contribution >= 4 is 11.6 Å². The number of aryl methyl sites for hydroxylation is 1. The van der Waals surface area contributed by atoms with Gasteiger partial charge in [-0.15, -0.1) is 0 Å². The van der Waals surface area contributed by atoms with E-state index < -0.39 is 0 Å². The molecule has 1 aliphatic heterocycles. The molecule has 0 N–H and O–H groups in total. The summed E-state index contributed by atoms with van der Waals surface area (Å²) >= 11 is 0. The second-order valence-corrected chi connectivity index (χ2v) is 6.85. The lowest BCUT2D eigenvalue weighted by molar-refractivity contribution is -0.130. The number of ether oxygens (including phenoxy) is 3. The van der Waals surface area contributed by atoms with Gasteiger partial charge in [-0.25, -0.2) is 0 Å². The molecule has 0 bridgehead atoms. The summed E-state index contributed by atoms with van der Waals surface area (Å²) in [6, 6.07) is 11.8. The van der Waals surface area contributed by atoms with Gasteiger partial charge in [0.2, 0.25) is 5.91 Å². The molecule has 1 saturated heterocycles. The van der Waals surface area contributed by atoms with Gasteiger partial charge in [-0.3, -0.25) is 4.79 Å². The van der Waals surface area contributed by atoms with Crippen molar-refractivity contribution in [1.29, 1.82) is 0 Å². The second kappa shape index (κ2) is 8.87. The zero-order valence-electron chi connectivity index (χ0n) is 17.0. The highest BCUT2D eigenvalue weighted by Crippen LogP contribution is 2.31. The Labute approximate surface area is 166 Å². The summed E-state index contributed by atoms with van der Waals surface area (Å²) < 4.78 is 16.2. The molecule has 0 aliphatic carbocycles. The fraction of sp³-hybridized carbons (Fsp3) is 0.409. The molecule has 6 heteroatoms. The number of benzene rings is 2. The minimum Gasteiger partial charge on any atom is -0.495 e. The Balaban J connectivity index is 1.64.